The molecule has 0 radical (unpaired) electrons. The number of rotatable bonds is 2. The molecule has 0 aliphatic heterocycles. The van der Waals surface area contributed by atoms with Crippen molar-refractivity contribution in [2.75, 3.05) is 0 Å². The van der Waals surface area contributed by atoms with Crippen molar-refractivity contribution < 1.29 is 26.2 Å². The molecule has 0 N–H and O–H groups in total. The molecule has 1 atom stereocenters. The van der Waals surface area contributed by atoms with Crippen molar-refractivity contribution in [2.24, 2.45) is 0 Å². The molecule has 0 saturated carbocycles. The van der Waals surface area contributed by atoms with Gasteiger partial charge in [-0.3, -0.25) is 0 Å². The summed E-state index contributed by atoms with van der Waals surface area (Å²) in [4.78, 5) is 0. The minimum absolute atomic E-state index is 0. The van der Waals surface area contributed by atoms with Crippen molar-refractivity contribution in [1.82, 2.24) is 0 Å². The molecule has 1 unspecified atom stereocenters. The monoisotopic (exact) mass is 378 g/mol. The van der Waals surface area contributed by atoms with Crippen LogP contribution in [-0.2, 0) is 31.6 Å². The molecular weight excluding hydrogens is 355 g/mol. The number of benzene rings is 1. The van der Waals surface area contributed by atoms with Crippen LogP contribution in [0.4, 0.5) is 0 Å². The first-order valence-corrected chi connectivity index (χ1v) is 7.61. The zero-order valence-electron chi connectivity index (χ0n) is 14.3. The van der Waals surface area contributed by atoms with E-state index < -0.39 is 0 Å². The number of fused-ring (bicyclic) bond motifs is 1. The van der Waals surface area contributed by atoms with Gasteiger partial charge in [0, 0.05) is 26.2 Å². The summed E-state index contributed by atoms with van der Waals surface area (Å²) in [5.41, 5.74) is 6.23. The van der Waals surface area contributed by atoms with Crippen LogP contribution >= 0.6 is 0 Å². The van der Waals surface area contributed by atoms with Gasteiger partial charge in [0.2, 0.25) is 0 Å². The molecule has 23 heavy (non-hydrogen) atoms. The summed E-state index contributed by atoms with van der Waals surface area (Å²) < 4.78 is 0. The van der Waals surface area contributed by atoms with E-state index >= 15 is 0 Å². The molecule has 0 spiro atoms. The smallest absolute Gasteiger partial charge is 0.0571 e. The van der Waals surface area contributed by atoms with E-state index in [-0.39, 0.29) is 31.6 Å². The van der Waals surface area contributed by atoms with Crippen molar-refractivity contribution in [3.05, 3.63) is 108 Å². The Morgan fingerprint density at radius 3 is 2.04 bits per heavy atom. The molecule has 0 heterocycles. The fourth-order valence-corrected chi connectivity index (χ4v) is 2.60. The van der Waals surface area contributed by atoms with Crippen molar-refractivity contribution in [3.8, 4) is 0 Å². The van der Waals surface area contributed by atoms with Gasteiger partial charge in [0.15, 0.2) is 0 Å². The molecule has 2 aliphatic rings. The molecule has 0 nitrogen and oxygen atoms in total. The number of allylic oxidation sites excluding steroid dienone is 10. The van der Waals surface area contributed by atoms with Crippen LogP contribution in [0.3, 0.4) is 0 Å². The van der Waals surface area contributed by atoms with E-state index in [1.807, 2.05) is 13.8 Å². The van der Waals surface area contributed by atoms with Gasteiger partial charge in [-0.15, -0.1) is 0 Å². The van der Waals surface area contributed by atoms with E-state index in [0.717, 1.165) is 11.1 Å². The topological polar surface area (TPSA) is 0 Å². The summed E-state index contributed by atoms with van der Waals surface area (Å²) in [5.74, 6) is 0. The maximum absolute atomic E-state index is 3.66. The minimum Gasteiger partial charge on any atom is -0.0959 e. The second kappa shape index (κ2) is 8.41. The van der Waals surface area contributed by atoms with E-state index in [0.29, 0.717) is 0 Å². The second-order valence-corrected chi connectivity index (χ2v) is 5.94. The van der Waals surface area contributed by atoms with Crippen LogP contribution in [0.1, 0.15) is 26.3 Å². The fraction of sp³-hybridized carbons (Fsp3) is 0.182. The molecule has 0 fully saturated rings. The van der Waals surface area contributed by atoms with Crippen LogP contribution in [0.2, 0.25) is 0 Å². The van der Waals surface area contributed by atoms with Crippen LogP contribution < -0.4 is 0 Å². The van der Waals surface area contributed by atoms with Gasteiger partial charge in [0.05, 0.1) is 5.41 Å². The minimum atomic E-state index is -0.0138. The molecule has 116 valence electrons. The van der Waals surface area contributed by atoms with E-state index in [1.54, 1.807) is 0 Å². The summed E-state index contributed by atoms with van der Waals surface area (Å²) in [6, 6.07) is 10.7. The number of hydrogen-bond acceptors (Lipinski definition) is 0. The van der Waals surface area contributed by atoms with Gasteiger partial charge in [-0.25, -0.2) is 0 Å². The van der Waals surface area contributed by atoms with Gasteiger partial charge >= 0.3 is 0 Å². The standard InChI is InChI=1S/C16H14.C6H10.Zr/c1-13-10-12-16(11-6-5-9-15(13)16)14-7-3-2-4-8-14;1-5(2)6(3)4;/h2-12H,1H3;1,3H2,2,4H3;. The van der Waals surface area contributed by atoms with Crippen LogP contribution in [0, 0.1) is 0 Å². The molecule has 1 heteroatoms. The van der Waals surface area contributed by atoms with Crippen molar-refractivity contribution in [1.29, 1.82) is 0 Å². The van der Waals surface area contributed by atoms with Gasteiger partial charge in [0.1, 0.15) is 0 Å². The van der Waals surface area contributed by atoms with Crippen molar-refractivity contribution >= 4 is 0 Å². The first-order chi connectivity index (χ1) is 10.5. The third-order valence-corrected chi connectivity index (χ3v) is 4.18. The maximum atomic E-state index is 3.66. The van der Waals surface area contributed by atoms with Crippen LogP contribution in [-0.4, -0.2) is 0 Å². The molecule has 0 saturated heterocycles. The Kier molecular flexibility index (Phi) is 7.16. The SMILES string of the molecule is C=C(C)C(=C)C.CC1=C2C=CC=CC2(c2ccccc2)C=C1.[Zr]. The zero-order valence-corrected chi connectivity index (χ0v) is 16.7. The predicted octanol–water partition coefficient (Wildman–Crippen LogP) is 6.07. The Morgan fingerprint density at radius 1 is 0.870 bits per heavy atom. The van der Waals surface area contributed by atoms with E-state index in [9.17, 15) is 0 Å². The average molecular weight is 380 g/mol. The molecule has 2 aliphatic carbocycles. The third kappa shape index (κ3) is 4.30. The Hall–Kier alpha value is -1.46. The molecule has 0 bridgehead atoms. The fourth-order valence-electron chi connectivity index (χ4n) is 2.60. The average Bonchev–Trinajstić information content (AvgIpc) is 2.88. The Balaban J connectivity index is 0.000000330. The molecule has 1 aromatic carbocycles. The van der Waals surface area contributed by atoms with Gasteiger partial charge in [-0.2, -0.15) is 0 Å². The first kappa shape index (κ1) is 19.6. The van der Waals surface area contributed by atoms with Gasteiger partial charge in [-0.05, 0) is 37.5 Å². The molecule has 1 aromatic rings. The Morgan fingerprint density at radius 2 is 1.48 bits per heavy atom. The largest absolute Gasteiger partial charge is 0.0959 e. The van der Waals surface area contributed by atoms with Crippen molar-refractivity contribution in [3.63, 3.8) is 0 Å². The number of hydrogen-bond donors (Lipinski definition) is 0. The third-order valence-electron chi connectivity index (χ3n) is 4.18. The summed E-state index contributed by atoms with van der Waals surface area (Å²) in [7, 11) is 0. The Bertz CT molecular complexity index is 687. The van der Waals surface area contributed by atoms with E-state index in [1.165, 1.54) is 16.7 Å². The van der Waals surface area contributed by atoms with Crippen LogP contribution in [0.25, 0.3) is 0 Å². The molecule has 3 rings (SSSR count). The molecular formula is C22H24Zr. The predicted molar refractivity (Wildman–Crippen MR) is 97.9 cm³/mol. The first-order valence-electron chi connectivity index (χ1n) is 7.61. The van der Waals surface area contributed by atoms with Crippen LogP contribution in [0.15, 0.2) is 102 Å². The zero-order chi connectivity index (χ0) is 16.2. The Labute approximate surface area is 159 Å². The summed E-state index contributed by atoms with van der Waals surface area (Å²) in [5, 5.41) is 0. The van der Waals surface area contributed by atoms with Crippen LogP contribution in [0.5, 0.6) is 0 Å². The second-order valence-electron chi connectivity index (χ2n) is 5.94. The maximum Gasteiger partial charge on any atom is 0.0571 e. The molecule has 0 aromatic heterocycles. The van der Waals surface area contributed by atoms with Gasteiger partial charge in [0.25, 0.3) is 0 Å². The van der Waals surface area contributed by atoms with Gasteiger partial charge in [-0.1, -0.05) is 91.1 Å². The summed E-state index contributed by atoms with van der Waals surface area (Å²) >= 11 is 0. The van der Waals surface area contributed by atoms with E-state index in [2.05, 4.69) is 86.9 Å². The summed E-state index contributed by atoms with van der Waals surface area (Å²) in [6.07, 6.45) is 13.3. The van der Waals surface area contributed by atoms with Gasteiger partial charge < -0.3 is 0 Å². The molecule has 0 amide bonds. The summed E-state index contributed by atoms with van der Waals surface area (Å²) in [6.45, 7) is 13.4. The quantitative estimate of drug-likeness (QED) is 0.547. The van der Waals surface area contributed by atoms with E-state index in [4.69, 9.17) is 0 Å². The normalized spacial score (nSPS) is 20.3. The van der Waals surface area contributed by atoms with Crippen molar-refractivity contribution in [2.45, 2.75) is 26.2 Å².